The molecule has 0 radical (unpaired) electrons. The van der Waals surface area contributed by atoms with Gasteiger partial charge in [-0.25, -0.2) is 0 Å². The molecular weight excluding hydrogens is 168 g/mol. The van der Waals surface area contributed by atoms with Crippen molar-refractivity contribution in [1.82, 2.24) is 4.90 Å². The summed E-state index contributed by atoms with van der Waals surface area (Å²) in [7, 11) is 1.70. The smallest absolute Gasteiger partial charge is 0.239 e. The minimum absolute atomic E-state index is 0.0867. The number of amides is 1. The van der Waals surface area contributed by atoms with E-state index >= 15 is 0 Å². The molecule has 2 N–H and O–H groups in total. The maximum Gasteiger partial charge on any atom is 0.239 e. The molecule has 1 amide bonds. The average molecular weight is 182 g/mol. The van der Waals surface area contributed by atoms with Crippen LogP contribution in [0.1, 0.15) is 12.7 Å². The third kappa shape index (κ3) is 2.59. The van der Waals surface area contributed by atoms with E-state index in [2.05, 4.69) is 0 Å². The van der Waals surface area contributed by atoms with E-state index in [1.807, 2.05) is 6.07 Å². The molecule has 1 heterocycles. The van der Waals surface area contributed by atoms with E-state index in [9.17, 15) is 4.79 Å². The zero-order valence-corrected chi connectivity index (χ0v) is 7.86. The molecule has 0 aliphatic carbocycles. The molecule has 0 saturated heterocycles. The lowest BCUT2D eigenvalue weighted by molar-refractivity contribution is -0.131. The van der Waals surface area contributed by atoms with Crippen LogP contribution in [-0.4, -0.2) is 23.9 Å². The number of carbonyl (C=O) groups is 1. The van der Waals surface area contributed by atoms with E-state index < -0.39 is 6.04 Å². The molecule has 0 bridgehead atoms. The second kappa shape index (κ2) is 4.09. The largest absolute Gasteiger partial charge is 0.467 e. The van der Waals surface area contributed by atoms with E-state index in [1.54, 1.807) is 31.2 Å². The van der Waals surface area contributed by atoms with Gasteiger partial charge in [0.2, 0.25) is 5.91 Å². The lowest BCUT2D eigenvalue weighted by Gasteiger charge is -2.17. The van der Waals surface area contributed by atoms with Crippen molar-refractivity contribution in [2.45, 2.75) is 19.5 Å². The van der Waals surface area contributed by atoms with Gasteiger partial charge >= 0.3 is 0 Å². The van der Waals surface area contributed by atoms with Crippen molar-refractivity contribution in [3.63, 3.8) is 0 Å². The standard InChI is InChI=1S/C9H14N2O2/c1-7(10)9(12)11(2)6-8-4-3-5-13-8/h3-5,7H,6,10H2,1-2H3. The second-order valence-electron chi connectivity index (χ2n) is 3.06. The molecule has 1 atom stereocenters. The van der Waals surface area contributed by atoms with Gasteiger partial charge in [0.05, 0.1) is 18.8 Å². The third-order valence-corrected chi connectivity index (χ3v) is 1.74. The molecule has 0 fully saturated rings. The van der Waals surface area contributed by atoms with Gasteiger partial charge in [-0.2, -0.15) is 0 Å². The normalized spacial score (nSPS) is 12.5. The number of likely N-dealkylation sites (N-methyl/N-ethyl adjacent to an activating group) is 1. The van der Waals surface area contributed by atoms with Crippen LogP contribution in [0.15, 0.2) is 22.8 Å². The predicted molar refractivity (Wildman–Crippen MR) is 48.8 cm³/mol. The van der Waals surface area contributed by atoms with Gasteiger partial charge in [-0.3, -0.25) is 4.79 Å². The lowest BCUT2D eigenvalue weighted by Crippen LogP contribution is -2.39. The molecule has 0 spiro atoms. The molecule has 1 unspecified atom stereocenters. The van der Waals surface area contributed by atoms with Crippen LogP contribution >= 0.6 is 0 Å². The van der Waals surface area contributed by atoms with E-state index in [4.69, 9.17) is 10.2 Å². The van der Waals surface area contributed by atoms with Gasteiger partial charge in [-0.05, 0) is 19.1 Å². The van der Waals surface area contributed by atoms with Crippen LogP contribution < -0.4 is 5.73 Å². The van der Waals surface area contributed by atoms with Gasteiger partial charge in [0.25, 0.3) is 0 Å². The van der Waals surface area contributed by atoms with Crippen molar-refractivity contribution in [3.8, 4) is 0 Å². The first-order valence-electron chi connectivity index (χ1n) is 4.14. The molecule has 4 heteroatoms. The summed E-state index contributed by atoms with van der Waals surface area (Å²) in [5, 5.41) is 0. The maximum absolute atomic E-state index is 11.3. The van der Waals surface area contributed by atoms with E-state index in [0.29, 0.717) is 6.54 Å². The fourth-order valence-corrected chi connectivity index (χ4v) is 1.06. The summed E-state index contributed by atoms with van der Waals surface area (Å²) in [5.41, 5.74) is 5.44. The fourth-order valence-electron chi connectivity index (χ4n) is 1.06. The number of furan rings is 1. The number of hydrogen-bond donors (Lipinski definition) is 1. The van der Waals surface area contributed by atoms with Crippen molar-refractivity contribution < 1.29 is 9.21 Å². The summed E-state index contributed by atoms with van der Waals surface area (Å²) in [5.74, 6) is 0.674. The van der Waals surface area contributed by atoms with Gasteiger partial charge in [-0.15, -0.1) is 0 Å². The third-order valence-electron chi connectivity index (χ3n) is 1.74. The van der Waals surface area contributed by atoms with Gasteiger partial charge in [-0.1, -0.05) is 0 Å². The number of hydrogen-bond acceptors (Lipinski definition) is 3. The van der Waals surface area contributed by atoms with Gasteiger partial charge in [0.15, 0.2) is 0 Å². The molecule has 72 valence electrons. The minimum atomic E-state index is -0.458. The molecule has 1 aromatic heterocycles. The Hall–Kier alpha value is -1.29. The maximum atomic E-state index is 11.3. The predicted octanol–water partition coefficient (Wildman–Crippen LogP) is 0.585. The number of nitrogens with zero attached hydrogens (tertiary/aromatic N) is 1. The van der Waals surface area contributed by atoms with Crippen molar-refractivity contribution in [1.29, 1.82) is 0 Å². The number of carbonyl (C=O) groups excluding carboxylic acids is 1. The van der Waals surface area contributed by atoms with Crippen LogP contribution in [0, 0.1) is 0 Å². The van der Waals surface area contributed by atoms with Crippen molar-refractivity contribution >= 4 is 5.91 Å². The number of rotatable bonds is 3. The molecule has 0 aliphatic heterocycles. The summed E-state index contributed by atoms with van der Waals surface area (Å²) < 4.78 is 5.10. The van der Waals surface area contributed by atoms with Crippen LogP contribution in [0.4, 0.5) is 0 Å². The Labute approximate surface area is 77.3 Å². The molecule has 1 rings (SSSR count). The monoisotopic (exact) mass is 182 g/mol. The Balaban J connectivity index is 2.51. The average Bonchev–Trinajstić information content (AvgIpc) is 2.55. The Morgan fingerprint density at radius 1 is 1.77 bits per heavy atom. The van der Waals surface area contributed by atoms with Crippen LogP contribution in [0.5, 0.6) is 0 Å². The molecule has 13 heavy (non-hydrogen) atoms. The first kappa shape index (κ1) is 9.80. The van der Waals surface area contributed by atoms with E-state index in [-0.39, 0.29) is 5.91 Å². The Bertz CT molecular complexity index is 267. The fraction of sp³-hybridized carbons (Fsp3) is 0.444. The summed E-state index contributed by atoms with van der Waals surface area (Å²) in [4.78, 5) is 12.9. The molecule has 0 aromatic carbocycles. The minimum Gasteiger partial charge on any atom is -0.467 e. The van der Waals surface area contributed by atoms with Crippen LogP contribution in [0.2, 0.25) is 0 Å². The highest BCUT2D eigenvalue weighted by Gasteiger charge is 2.13. The first-order valence-corrected chi connectivity index (χ1v) is 4.14. The Morgan fingerprint density at radius 3 is 2.92 bits per heavy atom. The zero-order chi connectivity index (χ0) is 9.84. The lowest BCUT2D eigenvalue weighted by atomic mass is 10.3. The highest BCUT2D eigenvalue weighted by Crippen LogP contribution is 2.04. The highest BCUT2D eigenvalue weighted by molar-refractivity contribution is 5.80. The summed E-state index contributed by atoms with van der Waals surface area (Å²) in [6.45, 7) is 2.13. The van der Waals surface area contributed by atoms with Crippen LogP contribution in [0.25, 0.3) is 0 Å². The van der Waals surface area contributed by atoms with E-state index in [1.165, 1.54) is 0 Å². The Kier molecular flexibility index (Phi) is 3.08. The molecule has 4 nitrogen and oxygen atoms in total. The van der Waals surface area contributed by atoms with Gasteiger partial charge in [0, 0.05) is 7.05 Å². The van der Waals surface area contributed by atoms with Gasteiger partial charge in [0.1, 0.15) is 5.76 Å². The first-order chi connectivity index (χ1) is 6.11. The summed E-state index contributed by atoms with van der Waals surface area (Å²) >= 11 is 0. The van der Waals surface area contributed by atoms with Crippen molar-refractivity contribution in [3.05, 3.63) is 24.2 Å². The molecule has 0 saturated carbocycles. The van der Waals surface area contributed by atoms with Crippen LogP contribution in [-0.2, 0) is 11.3 Å². The molecule has 0 aliphatic rings. The molecular formula is C9H14N2O2. The summed E-state index contributed by atoms with van der Waals surface area (Å²) in [6.07, 6.45) is 1.58. The highest BCUT2D eigenvalue weighted by atomic mass is 16.3. The number of nitrogens with two attached hydrogens (primary N) is 1. The SMILES string of the molecule is CC(N)C(=O)N(C)Cc1ccco1. The molecule has 1 aromatic rings. The summed E-state index contributed by atoms with van der Waals surface area (Å²) in [6, 6.07) is 3.16. The zero-order valence-electron chi connectivity index (χ0n) is 7.86. The van der Waals surface area contributed by atoms with Gasteiger partial charge < -0.3 is 15.1 Å². The van der Waals surface area contributed by atoms with Crippen LogP contribution in [0.3, 0.4) is 0 Å². The topological polar surface area (TPSA) is 59.5 Å². The Morgan fingerprint density at radius 2 is 2.46 bits per heavy atom. The quantitative estimate of drug-likeness (QED) is 0.744. The second-order valence-corrected chi connectivity index (χ2v) is 3.06. The van der Waals surface area contributed by atoms with Crippen molar-refractivity contribution in [2.24, 2.45) is 5.73 Å². The van der Waals surface area contributed by atoms with Crippen molar-refractivity contribution in [2.75, 3.05) is 7.05 Å². The van der Waals surface area contributed by atoms with E-state index in [0.717, 1.165) is 5.76 Å².